The smallest absolute Gasteiger partial charge is 0.501 e. The van der Waals surface area contributed by atoms with E-state index >= 15 is 0 Å². The predicted octanol–water partition coefficient (Wildman–Crippen LogP) is 2.98. The highest BCUT2D eigenvalue weighted by Gasteiger charge is 2.40. The molecule has 0 aliphatic carbocycles. The minimum atomic E-state index is -2.52. The molecular formula is C12H26O4Si. The number of hydrogen-bond donors (Lipinski definition) is 0. The van der Waals surface area contributed by atoms with Gasteiger partial charge >= 0.3 is 8.80 Å². The van der Waals surface area contributed by atoms with Gasteiger partial charge in [0.05, 0.1) is 18.9 Å². The van der Waals surface area contributed by atoms with E-state index in [0.29, 0.717) is 32.5 Å². The standard InChI is InChI=1S/C12H26O4Si/c1-6-14-17(15-7-2,16-8-3)10-9-13-11-12(4)5/h11H,6-10H2,1-5H3. The maximum absolute atomic E-state index is 5.71. The van der Waals surface area contributed by atoms with Gasteiger partial charge in [0.25, 0.3) is 0 Å². The monoisotopic (exact) mass is 262 g/mol. The van der Waals surface area contributed by atoms with E-state index in [1.54, 1.807) is 6.26 Å². The first-order valence-electron chi connectivity index (χ1n) is 6.27. The highest BCUT2D eigenvalue weighted by Crippen LogP contribution is 2.16. The minimum Gasteiger partial charge on any atom is -0.501 e. The lowest BCUT2D eigenvalue weighted by atomic mass is 10.4. The van der Waals surface area contributed by atoms with Crippen molar-refractivity contribution in [3.8, 4) is 0 Å². The van der Waals surface area contributed by atoms with Crippen LogP contribution in [0.15, 0.2) is 11.8 Å². The van der Waals surface area contributed by atoms with Gasteiger partial charge in [-0.2, -0.15) is 0 Å². The SMILES string of the molecule is CCO[Si](CCOC=C(C)C)(OCC)OCC. The zero-order valence-electron chi connectivity index (χ0n) is 11.7. The molecule has 102 valence electrons. The van der Waals surface area contributed by atoms with Gasteiger partial charge < -0.3 is 18.0 Å². The third-order valence-electron chi connectivity index (χ3n) is 1.94. The van der Waals surface area contributed by atoms with Crippen molar-refractivity contribution in [2.45, 2.75) is 40.7 Å². The fourth-order valence-electron chi connectivity index (χ4n) is 1.41. The van der Waals surface area contributed by atoms with Gasteiger partial charge in [0.1, 0.15) is 0 Å². The molecule has 0 saturated carbocycles. The molecule has 0 aromatic carbocycles. The summed E-state index contributed by atoms with van der Waals surface area (Å²) in [5, 5.41) is 0. The van der Waals surface area contributed by atoms with Gasteiger partial charge in [-0.25, -0.2) is 0 Å². The predicted molar refractivity (Wildman–Crippen MR) is 70.8 cm³/mol. The molecule has 0 radical (unpaired) electrons. The van der Waals surface area contributed by atoms with Gasteiger partial charge in [0.15, 0.2) is 0 Å². The first-order chi connectivity index (χ1) is 8.10. The van der Waals surface area contributed by atoms with Gasteiger partial charge in [-0.3, -0.25) is 0 Å². The zero-order chi connectivity index (χ0) is 13.1. The van der Waals surface area contributed by atoms with Crippen LogP contribution in [-0.4, -0.2) is 35.2 Å². The van der Waals surface area contributed by atoms with Crippen molar-refractivity contribution < 1.29 is 18.0 Å². The molecule has 0 unspecified atom stereocenters. The molecule has 0 aliphatic heterocycles. The Balaban J connectivity index is 4.28. The molecule has 0 aromatic rings. The number of allylic oxidation sites excluding steroid dienone is 1. The van der Waals surface area contributed by atoms with Crippen molar-refractivity contribution in [2.24, 2.45) is 0 Å². The van der Waals surface area contributed by atoms with Gasteiger partial charge in [0.2, 0.25) is 0 Å². The third-order valence-corrected chi connectivity index (χ3v) is 4.94. The molecule has 0 saturated heterocycles. The third kappa shape index (κ3) is 7.54. The Morgan fingerprint density at radius 2 is 1.41 bits per heavy atom. The second kappa shape index (κ2) is 9.64. The molecule has 0 aliphatic rings. The Kier molecular flexibility index (Phi) is 9.44. The summed E-state index contributed by atoms with van der Waals surface area (Å²) >= 11 is 0. The molecule has 0 spiro atoms. The molecule has 17 heavy (non-hydrogen) atoms. The molecule has 0 heterocycles. The molecule has 4 nitrogen and oxygen atoms in total. The first kappa shape index (κ1) is 16.6. The van der Waals surface area contributed by atoms with Crippen LogP contribution in [0.5, 0.6) is 0 Å². The van der Waals surface area contributed by atoms with Crippen LogP contribution in [0, 0.1) is 0 Å². The Morgan fingerprint density at radius 1 is 0.941 bits per heavy atom. The van der Waals surface area contributed by atoms with Crippen molar-refractivity contribution in [3.63, 3.8) is 0 Å². The van der Waals surface area contributed by atoms with Crippen molar-refractivity contribution in [1.29, 1.82) is 0 Å². The van der Waals surface area contributed by atoms with Gasteiger partial charge in [-0.1, -0.05) is 0 Å². The summed E-state index contributed by atoms with van der Waals surface area (Å²) in [6, 6.07) is 0.687. The van der Waals surface area contributed by atoms with Crippen molar-refractivity contribution in [2.75, 3.05) is 26.4 Å². The Labute approximate surface area is 106 Å². The normalized spacial score (nSPS) is 11.4. The summed E-state index contributed by atoms with van der Waals surface area (Å²) in [6.45, 7) is 12.2. The van der Waals surface area contributed by atoms with Gasteiger partial charge in [-0.15, -0.1) is 0 Å². The van der Waals surface area contributed by atoms with E-state index in [2.05, 4.69) is 0 Å². The van der Waals surface area contributed by atoms with E-state index in [1.807, 2.05) is 34.6 Å². The van der Waals surface area contributed by atoms with E-state index < -0.39 is 8.80 Å². The average Bonchev–Trinajstić information content (AvgIpc) is 2.25. The molecule has 5 heteroatoms. The molecule has 0 bridgehead atoms. The summed E-state index contributed by atoms with van der Waals surface area (Å²) < 4.78 is 22.6. The molecule has 0 atom stereocenters. The first-order valence-corrected chi connectivity index (χ1v) is 8.20. The van der Waals surface area contributed by atoms with Crippen molar-refractivity contribution >= 4 is 8.80 Å². The lowest BCUT2D eigenvalue weighted by Crippen LogP contribution is -2.46. The van der Waals surface area contributed by atoms with Crippen LogP contribution in [0.1, 0.15) is 34.6 Å². The Bertz CT molecular complexity index is 198. The molecule has 0 rings (SSSR count). The summed E-state index contributed by atoms with van der Waals surface area (Å²) in [4.78, 5) is 0. The maximum Gasteiger partial charge on any atom is 0.504 e. The average molecular weight is 262 g/mol. The fourth-order valence-corrected chi connectivity index (χ4v) is 3.78. The summed E-state index contributed by atoms with van der Waals surface area (Å²) in [6.07, 6.45) is 1.75. The minimum absolute atomic E-state index is 0.567. The topological polar surface area (TPSA) is 36.9 Å². The quantitative estimate of drug-likeness (QED) is 0.344. The summed E-state index contributed by atoms with van der Waals surface area (Å²) in [5.41, 5.74) is 1.14. The summed E-state index contributed by atoms with van der Waals surface area (Å²) in [7, 11) is -2.52. The van der Waals surface area contributed by atoms with Crippen molar-refractivity contribution in [1.82, 2.24) is 0 Å². The lowest BCUT2D eigenvalue weighted by molar-refractivity contribution is 0.0654. The van der Waals surface area contributed by atoms with Crippen LogP contribution >= 0.6 is 0 Å². The lowest BCUT2D eigenvalue weighted by Gasteiger charge is -2.28. The molecule has 0 N–H and O–H groups in total. The zero-order valence-corrected chi connectivity index (χ0v) is 12.7. The van der Waals surface area contributed by atoms with Gasteiger partial charge in [-0.05, 0) is 40.2 Å². The van der Waals surface area contributed by atoms with Crippen molar-refractivity contribution in [3.05, 3.63) is 11.8 Å². The second-order valence-corrected chi connectivity index (χ2v) is 6.53. The van der Waals surface area contributed by atoms with Crippen LogP contribution in [0.25, 0.3) is 0 Å². The van der Waals surface area contributed by atoms with E-state index in [1.165, 1.54) is 0 Å². The highest BCUT2D eigenvalue weighted by atomic mass is 28.4. The van der Waals surface area contributed by atoms with Crippen LogP contribution in [0.2, 0.25) is 6.04 Å². The number of ether oxygens (including phenoxy) is 1. The number of hydrogen-bond acceptors (Lipinski definition) is 4. The molecule has 0 aromatic heterocycles. The van der Waals surface area contributed by atoms with Gasteiger partial charge in [0, 0.05) is 19.8 Å². The largest absolute Gasteiger partial charge is 0.504 e. The highest BCUT2D eigenvalue weighted by molar-refractivity contribution is 6.60. The van der Waals surface area contributed by atoms with E-state index in [9.17, 15) is 0 Å². The van der Waals surface area contributed by atoms with E-state index in [0.717, 1.165) is 5.57 Å². The fraction of sp³-hybridized carbons (Fsp3) is 0.833. The number of rotatable bonds is 10. The second-order valence-electron chi connectivity index (χ2n) is 3.80. The maximum atomic E-state index is 5.71. The summed E-state index contributed by atoms with van der Waals surface area (Å²) in [5.74, 6) is 0. The molecule has 0 fully saturated rings. The van der Waals surface area contributed by atoms with Crippen LogP contribution in [0.3, 0.4) is 0 Å². The van der Waals surface area contributed by atoms with Crippen LogP contribution < -0.4 is 0 Å². The van der Waals surface area contributed by atoms with E-state index in [-0.39, 0.29) is 0 Å². The Hall–Kier alpha value is -0.363. The van der Waals surface area contributed by atoms with Crippen LogP contribution in [-0.2, 0) is 18.0 Å². The molecule has 0 amide bonds. The van der Waals surface area contributed by atoms with E-state index in [4.69, 9.17) is 18.0 Å². The molecular weight excluding hydrogens is 236 g/mol. The van der Waals surface area contributed by atoms with Crippen LogP contribution in [0.4, 0.5) is 0 Å². The Morgan fingerprint density at radius 3 is 1.76 bits per heavy atom.